The fraction of sp³-hybridized carbons (Fsp3) is 0.0638. The summed E-state index contributed by atoms with van der Waals surface area (Å²) in [5.41, 5.74) is 27.2. The molecular weight excluding hydrogens is 1220 g/mol. The van der Waals surface area contributed by atoms with E-state index in [2.05, 4.69) is 318 Å². The second-order valence-electron chi connectivity index (χ2n) is 26.9. The van der Waals surface area contributed by atoms with Crippen LogP contribution >= 0.6 is 0 Å². The van der Waals surface area contributed by atoms with Crippen molar-refractivity contribution < 1.29 is 8.78 Å². The van der Waals surface area contributed by atoms with E-state index in [1.807, 2.05) is 36.4 Å². The summed E-state index contributed by atoms with van der Waals surface area (Å²) in [6.45, 7) is 17.1. The molecule has 0 saturated carbocycles. The van der Waals surface area contributed by atoms with Crippen LogP contribution in [0.15, 0.2) is 329 Å². The van der Waals surface area contributed by atoms with Crippen molar-refractivity contribution in [3.63, 3.8) is 0 Å². The number of nitrogens with zero attached hydrogens (tertiary/aromatic N) is 2. The molecule has 0 bridgehead atoms. The number of rotatable bonds is 14. The van der Waals surface area contributed by atoms with Gasteiger partial charge in [0.2, 0.25) is 0 Å². The molecule has 0 radical (unpaired) electrons. The third kappa shape index (κ3) is 9.32. The van der Waals surface area contributed by atoms with Crippen LogP contribution < -0.4 is 30.5 Å². The number of fused-ring (bicyclic) bond motifs is 9. The highest BCUT2D eigenvalue weighted by Gasteiger charge is 2.51. The van der Waals surface area contributed by atoms with Crippen LogP contribution in [0.2, 0.25) is 0 Å². The zero-order chi connectivity index (χ0) is 67.3. The van der Waals surface area contributed by atoms with Crippen molar-refractivity contribution in [2.75, 3.05) is 9.80 Å². The lowest BCUT2D eigenvalue weighted by molar-refractivity contribution is 0.627. The molecule has 0 spiro atoms. The third-order valence-electron chi connectivity index (χ3n) is 21.5. The van der Waals surface area contributed by atoms with Gasteiger partial charge in [0, 0.05) is 34.1 Å². The summed E-state index contributed by atoms with van der Waals surface area (Å²) >= 11 is 0. The maximum Gasteiger partial charge on any atom is 0.180 e. The van der Waals surface area contributed by atoms with E-state index in [9.17, 15) is 0 Å². The quantitative estimate of drug-likeness (QED) is 0.100. The Balaban J connectivity index is 0.912. The molecule has 5 heteroatoms. The first-order valence-corrected chi connectivity index (χ1v) is 36.1. The second-order valence-corrected chi connectivity index (χ2v) is 30.6. The van der Waals surface area contributed by atoms with Crippen LogP contribution in [0.1, 0.15) is 77.9 Å². The van der Waals surface area contributed by atoms with E-state index in [1.54, 1.807) is 24.3 Å². The van der Waals surface area contributed by atoms with Crippen molar-refractivity contribution >= 4 is 75.1 Å². The molecule has 1 aliphatic heterocycles. The van der Waals surface area contributed by atoms with Crippen molar-refractivity contribution in [1.29, 1.82) is 0 Å². The first-order valence-electron chi connectivity index (χ1n) is 34.1. The van der Waals surface area contributed by atoms with Gasteiger partial charge in [-0.15, -0.1) is 0 Å². The highest BCUT2D eigenvalue weighted by molar-refractivity contribution is 7.22. The van der Waals surface area contributed by atoms with Gasteiger partial charge in [-0.25, -0.2) is 8.78 Å². The average molecular weight is 1290 g/mol. The van der Waals surface area contributed by atoms with Gasteiger partial charge in [0.25, 0.3) is 0 Å². The lowest BCUT2D eigenvalue weighted by Crippen LogP contribution is -2.72. The fourth-order valence-electron chi connectivity index (χ4n) is 17.2. The van der Waals surface area contributed by atoms with E-state index in [-0.39, 0.29) is 11.6 Å². The standard InChI is InChI=1S/C94H70F2N2Si/c1-7-65-31-35-67(36-32-65)93(87-55-61(3)27-29-63(87)5)85-25-17-15-23-79(85)81-51-47-75(59-89(81)93)97(71-43-39-69(95)40-44-71)73-49-53-91-83(57-73)84-58-74(50-54-92(84)99(91,77-19-11-9-12-20-77)78-21-13-10-14-22-78)98(72-45-41-70(96)42-46-72)76-48-52-82-80-24-16-18-26-86(80)94(90(82)60-76,68-37-33-66(8-2)34-38-68)88-56-62(4)28-30-64(88)6/h7-60H,1-2H2,3-6H3. The largest absolute Gasteiger partial charge is 0.310 e. The maximum atomic E-state index is 15.5. The Hall–Kier alpha value is -11.8. The molecule has 1 heterocycles. The van der Waals surface area contributed by atoms with Gasteiger partial charge in [-0.3, -0.25) is 0 Å². The summed E-state index contributed by atoms with van der Waals surface area (Å²) < 4.78 is 31.1. The molecule has 0 saturated heterocycles. The lowest BCUT2D eigenvalue weighted by atomic mass is 9.66. The Morgan fingerprint density at radius 2 is 0.636 bits per heavy atom. The summed E-state index contributed by atoms with van der Waals surface area (Å²) in [5, 5.41) is 5.07. The molecule has 2 unspecified atom stereocenters. The van der Waals surface area contributed by atoms with Gasteiger partial charge >= 0.3 is 0 Å². The topological polar surface area (TPSA) is 6.48 Å². The smallest absolute Gasteiger partial charge is 0.180 e. The molecular formula is C94H70F2N2Si. The lowest BCUT2D eigenvalue weighted by Gasteiger charge is -2.36. The van der Waals surface area contributed by atoms with E-state index in [0.717, 1.165) is 89.8 Å². The number of aryl methyl sites for hydroxylation is 4. The molecule has 14 aromatic carbocycles. The molecule has 0 aromatic heterocycles. The predicted molar refractivity (Wildman–Crippen MR) is 412 cm³/mol. The summed E-state index contributed by atoms with van der Waals surface area (Å²) in [7, 11) is -3.14. The minimum atomic E-state index is -3.14. The van der Waals surface area contributed by atoms with E-state index in [1.165, 1.54) is 76.4 Å². The summed E-state index contributed by atoms with van der Waals surface area (Å²) in [4.78, 5) is 4.63. The normalized spacial score (nSPS) is 15.6. The Bertz CT molecular complexity index is 5200. The predicted octanol–water partition coefficient (Wildman–Crippen LogP) is 21.5. The van der Waals surface area contributed by atoms with Gasteiger partial charge in [-0.05, 0) is 246 Å². The number of benzene rings is 14. The van der Waals surface area contributed by atoms with Crippen LogP contribution in [0.5, 0.6) is 0 Å². The first kappa shape index (κ1) is 60.9. The van der Waals surface area contributed by atoms with Crippen molar-refractivity contribution in [3.05, 3.63) is 418 Å². The van der Waals surface area contributed by atoms with Crippen LogP contribution in [0.4, 0.5) is 42.9 Å². The summed E-state index contributed by atoms with van der Waals surface area (Å²) in [6.07, 6.45) is 3.81. The Morgan fingerprint density at radius 1 is 0.293 bits per heavy atom. The number of anilines is 6. The van der Waals surface area contributed by atoms with Gasteiger partial charge in [0.05, 0.1) is 10.8 Å². The van der Waals surface area contributed by atoms with Crippen molar-refractivity contribution in [2.24, 2.45) is 0 Å². The SMILES string of the molecule is C=Cc1ccc(C2(c3cc(C)ccc3C)c3ccccc3-c3ccc(N(c4ccc(F)cc4)c4ccc5c(c4)-c4cc(N(c6ccc(F)cc6)c6ccc7c(c6)C(c6ccc(C=C)cc6)(c6cc(C)ccc6C)c6ccccc6-7)ccc4[Si]5(c4ccccc4)c4ccccc4)cc32)cc1. The van der Waals surface area contributed by atoms with E-state index in [4.69, 9.17) is 0 Å². The van der Waals surface area contributed by atoms with Crippen LogP contribution in [0, 0.1) is 39.3 Å². The molecule has 474 valence electrons. The number of hydrogen-bond donors (Lipinski definition) is 0. The molecule has 2 nitrogen and oxygen atoms in total. The van der Waals surface area contributed by atoms with Gasteiger partial charge in [-0.2, -0.15) is 0 Å². The van der Waals surface area contributed by atoms with E-state index >= 15 is 8.78 Å². The van der Waals surface area contributed by atoms with Gasteiger partial charge in [-0.1, -0.05) is 255 Å². The minimum absolute atomic E-state index is 0.311. The summed E-state index contributed by atoms with van der Waals surface area (Å²) in [5.74, 6) is -0.623. The Kier molecular flexibility index (Phi) is 14.6. The molecule has 17 rings (SSSR count). The second kappa shape index (κ2) is 23.8. The zero-order valence-corrected chi connectivity index (χ0v) is 56.7. The molecule has 2 atom stereocenters. The van der Waals surface area contributed by atoms with Crippen molar-refractivity contribution in [1.82, 2.24) is 0 Å². The van der Waals surface area contributed by atoms with E-state index in [0.29, 0.717) is 0 Å². The minimum Gasteiger partial charge on any atom is -0.310 e. The molecule has 0 N–H and O–H groups in total. The van der Waals surface area contributed by atoms with Crippen LogP contribution in [0.25, 0.3) is 45.5 Å². The highest BCUT2D eigenvalue weighted by atomic mass is 28.3. The third-order valence-corrected chi connectivity index (χ3v) is 26.4. The van der Waals surface area contributed by atoms with Crippen LogP contribution in [-0.2, 0) is 10.8 Å². The molecule has 14 aromatic rings. The van der Waals surface area contributed by atoms with Gasteiger partial charge in [0.15, 0.2) is 8.07 Å². The maximum absolute atomic E-state index is 15.5. The zero-order valence-electron chi connectivity index (χ0n) is 55.7. The van der Waals surface area contributed by atoms with Gasteiger partial charge in [0.1, 0.15) is 11.6 Å². The Labute approximate surface area is 580 Å². The van der Waals surface area contributed by atoms with Crippen molar-refractivity contribution in [3.8, 4) is 33.4 Å². The average Bonchev–Trinajstić information content (AvgIpc) is 0.784. The highest BCUT2D eigenvalue weighted by Crippen LogP contribution is 2.60. The number of halogens is 2. The molecule has 3 aliphatic rings. The molecule has 99 heavy (non-hydrogen) atoms. The molecule has 0 fully saturated rings. The fourth-order valence-corrected chi connectivity index (χ4v) is 22.3. The molecule has 0 amide bonds. The van der Waals surface area contributed by atoms with Gasteiger partial charge < -0.3 is 9.80 Å². The van der Waals surface area contributed by atoms with E-state index < -0.39 is 18.9 Å². The number of hydrogen-bond acceptors (Lipinski definition) is 2. The molecule has 2 aliphatic carbocycles. The van der Waals surface area contributed by atoms with Crippen LogP contribution in [-0.4, -0.2) is 8.07 Å². The van der Waals surface area contributed by atoms with Crippen LogP contribution in [0.3, 0.4) is 0 Å². The Morgan fingerprint density at radius 3 is 1.03 bits per heavy atom. The first-order chi connectivity index (χ1) is 48.4. The monoisotopic (exact) mass is 1290 g/mol. The van der Waals surface area contributed by atoms with Crippen molar-refractivity contribution in [2.45, 2.75) is 38.5 Å². The summed E-state index contributed by atoms with van der Waals surface area (Å²) in [6, 6.07) is 113.